The quantitative estimate of drug-likeness (QED) is 0.454. The maximum atomic E-state index is 12.4. The summed E-state index contributed by atoms with van der Waals surface area (Å²) in [6.45, 7) is 8.17. The maximum Gasteiger partial charge on any atom is 0.170 e. The zero-order valence-corrected chi connectivity index (χ0v) is 16.4. The topological polar surface area (TPSA) is 83.8 Å². The number of carbonyl (C=O) groups is 2. The molecule has 2 N–H and O–H groups in total. The molecule has 1 aromatic rings. The number of fused-ring (bicyclic) bond motifs is 2. The van der Waals surface area contributed by atoms with Gasteiger partial charge < -0.3 is 14.9 Å². The molecule has 5 heteroatoms. The summed E-state index contributed by atoms with van der Waals surface area (Å²) in [5, 5.41) is 21.3. The van der Waals surface area contributed by atoms with Crippen molar-refractivity contribution in [1.82, 2.24) is 0 Å². The van der Waals surface area contributed by atoms with E-state index >= 15 is 0 Å². The number of aldehydes is 1. The van der Waals surface area contributed by atoms with Crippen molar-refractivity contribution in [3.8, 4) is 17.2 Å². The van der Waals surface area contributed by atoms with Crippen LogP contribution in [0.4, 0.5) is 0 Å². The molecule has 0 aromatic heterocycles. The van der Waals surface area contributed by atoms with Gasteiger partial charge in [0.2, 0.25) is 0 Å². The lowest BCUT2D eigenvalue weighted by molar-refractivity contribution is 0.0302. The number of Topliss-reactive ketones (excluding diaryl/α,β-unsaturated/α-hetero) is 1. The zero-order valence-electron chi connectivity index (χ0n) is 16.4. The van der Waals surface area contributed by atoms with Crippen molar-refractivity contribution < 1.29 is 24.5 Å². The Bertz CT molecular complexity index is 808. The molecule has 1 heterocycles. The number of carbonyl (C=O) groups excluding carboxylic acids is 2. The summed E-state index contributed by atoms with van der Waals surface area (Å²) in [6, 6.07) is 0. The smallest absolute Gasteiger partial charge is 0.170 e. The van der Waals surface area contributed by atoms with Crippen LogP contribution in [0.25, 0.3) is 0 Å². The first-order chi connectivity index (χ1) is 12.7. The molecular weight excluding hydrogens is 344 g/mol. The highest BCUT2D eigenvalue weighted by Crippen LogP contribution is 2.51. The van der Waals surface area contributed by atoms with Crippen LogP contribution in [0.5, 0.6) is 17.2 Å². The normalized spacial score (nSPS) is 26.3. The molecule has 0 radical (unpaired) electrons. The number of ether oxygens (including phenoxy) is 1. The molecule has 3 rings (SSSR count). The minimum absolute atomic E-state index is 0.0543. The van der Waals surface area contributed by atoms with Crippen LogP contribution in [0.3, 0.4) is 0 Å². The lowest BCUT2D eigenvalue weighted by Gasteiger charge is -2.45. The molecule has 1 aromatic carbocycles. The van der Waals surface area contributed by atoms with Crippen LogP contribution < -0.4 is 4.74 Å². The van der Waals surface area contributed by atoms with Gasteiger partial charge in [0, 0.05) is 17.9 Å². The number of ketones is 1. The van der Waals surface area contributed by atoms with Crippen LogP contribution in [-0.4, -0.2) is 27.9 Å². The molecule has 146 valence electrons. The molecule has 0 bridgehead atoms. The van der Waals surface area contributed by atoms with E-state index in [1.54, 1.807) is 0 Å². The Labute approximate surface area is 160 Å². The molecule has 0 saturated carbocycles. The molecule has 1 aliphatic heterocycles. The van der Waals surface area contributed by atoms with E-state index in [2.05, 4.69) is 19.9 Å². The first-order valence-corrected chi connectivity index (χ1v) is 9.70. The molecule has 0 amide bonds. The average molecular weight is 372 g/mol. The summed E-state index contributed by atoms with van der Waals surface area (Å²) in [4.78, 5) is 24.1. The maximum absolute atomic E-state index is 12.4. The van der Waals surface area contributed by atoms with Crippen LogP contribution in [0.15, 0.2) is 12.2 Å². The molecule has 5 nitrogen and oxygen atoms in total. The van der Waals surface area contributed by atoms with Crippen LogP contribution >= 0.6 is 0 Å². The molecule has 0 spiro atoms. The van der Waals surface area contributed by atoms with Gasteiger partial charge in [0.25, 0.3) is 0 Å². The van der Waals surface area contributed by atoms with E-state index in [-0.39, 0.29) is 40.7 Å². The van der Waals surface area contributed by atoms with E-state index < -0.39 is 11.4 Å². The van der Waals surface area contributed by atoms with E-state index in [1.165, 1.54) is 0 Å². The number of hydrogen-bond donors (Lipinski definition) is 2. The van der Waals surface area contributed by atoms with Gasteiger partial charge in [-0.1, -0.05) is 26.8 Å². The number of phenolic OH excluding ortho intramolecular Hbond substituents is 2. The van der Waals surface area contributed by atoms with E-state index in [9.17, 15) is 19.8 Å². The van der Waals surface area contributed by atoms with Crippen molar-refractivity contribution in [2.75, 3.05) is 0 Å². The van der Waals surface area contributed by atoms with Gasteiger partial charge in [-0.2, -0.15) is 0 Å². The van der Waals surface area contributed by atoms with Gasteiger partial charge >= 0.3 is 0 Å². The molecular formula is C22H28O5. The second-order valence-electron chi connectivity index (χ2n) is 8.27. The Morgan fingerprint density at radius 2 is 2.07 bits per heavy atom. The van der Waals surface area contributed by atoms with E-state index in [1.807, 2.05) is 19.9 Å². The van der Waals surface area contributed by atoms with Gasteiger partial charge in [0.15, 0.2) is 12.1 Å². The molecule has 0 unspecified atom stereocenters. The second-order valence-corrected chi connectivity index (χ2v) is 8.27. The zero-order chi connectivity index (χ0) is 19.9. The second kappa shape index (κ2) is 7.02. The average Bonchev–Trinajstić information content (AvgIpc) is 2.60. The van der Waals surface area contributed by atoms with Crippen molar-refractivity contribution in [1.29, 1.82) is 0 Å². The summed E-state index contributed by atoms with van der Waals surface area (Å²) in [5.74, 6) is 0.124. The summed E-state index contributed by atoms with van der Waals surface area (Å²) < 4.78 is 6.18. The summed E-state index contributed by atoms with van der Waals surface area (Å²) >= 11 is 0. The number of rotatable bonds is 5. The van der Waals surface area contributed by atoms with E-state index in [0.717, 1.165) is 6.42 Å². The standard InChI is InChI=1S/C22H28O5/c1-5-6-17(24)18-19(25)15-10-14-9-13(12(2)3)7-8-22(14,4)27-21(15)16(11-23)20(18)26/h7-8,11-14,25-26H,5-6,9-10H2,1-4H3/t13-,14-,22-/m1/s1. The number of benzene rings is 1. The monoisotopic (exact) mass is 372 g/mol. The lowest BCUT2D eigenvalue weighted by atomic mass is 9.69. The molecule has 0 saturated heterocycles. The summed E-state index contributed by atoms with van der Waals surface area (Å²) in [7, 11) is 0. The third kappa shape index (κ3) is 3.13. The minimum Gasteiger partial charge on any atom is -0.507 e. The number of allylic oxidation sites excluding steroid dienone is 1. The Kier molecular flexibility index (Phi) is 5.06. The van der Waals surface area contributed by atoms with Gasteiger partial charge in [0.05, 0.1) is 5.56 Å². The highest BCUT2D eigenvalue weighted by molar-refractivity contribution is 6.05. The fourth-order valence-electron chi connectivity index (χ4n) is 4.26. The summed E-state index contributed by atoms with van der Waals surface area (Å²) in [5.41, 5.74) is -0.364. The fraction of sp³-hybridized carbons (Fsp3) is 0.545. The first kappa shape index (κ1) is 19.5. The van der Waals surface area contributed by atoms with E-state index in [0.29, 0.717) is 36.5 Å². The number of hydrogen-bond acceptors (Lipinski definition) is 5. The van der Waals surface area contributed by atoms with Gasteiger partial charge in [0.1, 0.15) is 28.4 Å². The van der Waals surface area contributed by atoms with Crippen LogP contribution in [0.2, 0.25) is 0 Å². The third-order valence-corrected chi connectivity index (χ3v) is 6.08. The van der Waals surface area contributed by atoms with Crippen LogP contribution in [0, 0.1) is 17.8 Å². The van der Waals surface area contributed by atoms with Crippen molar-refractivity contribution in [3.63, 3.8) is 0 Å². The molecule has 27 heavy (non-hydrogen) atoms. The van der Waals surface area contributed by atoms with Gasteiger partial charge in [-0.25, -0.2) is 0 Å². The third-order valence-electron chi connectivity index (χ3n) is 6.08. The van der Waals surface area contributed by atoms with Crippen molar-refractivity contribution in [3.05, 3.63) is 28.8 Å². The minimum atomic E-state index is -0.607. The van der Waals surface area contributed by atoms with Gasteiger partial charge in [-0.05, 0) is 44.1 Å². The molecule has 2 aliphatic rings. The fourth-order valence-corrected chi connectivity index (χ4v) is 4.26. The van der Waals surface area contributed by atoms with Gasteiger partial charge in [-0.3, -0.25) is 9.59 Å². The largest absolute Gasteiger partial charge is 0.507 e. The van der Waals surface area contributed by atoms with Crippen molar-refractivity contribution in [2.24, 2.45) is 17.8 Å². The van der Waals surface area contributed by atoms with Crippen LogP contribution in [0.1, 0.15) is 73.2 Å². The summed E-state index contributed by atoms with van der Waals surface area (Å²) in [6.07, 6.45) is 6.88. The van der Waals surface area contributed by atoms with Crippen LogP contribution in [-0.2, 0) is 6.42 Å². The predicted molar refractivity (Wildman–Crippen MR) is 103 cm³/mol. The van der Waals surface area contributed by atoms with E-state index in [4.69, 9.17) is 4.74 Å². The molecule has 3 atom stereocenters. The van der Waals surface area contributed by atoms with Crippen molar-refractivity contribution >= 4 is 12.1 Å². The Balaban J connectivity index is 2.13. The predicted octanol–water partition coefficient (Wildman–Crippen LogP) is 4.44. The van der Waals surface area contributed by atoms with Crippen molar-refractivity contribution in [2.45, 2.75) is 59.0 Å². The Morgan fingerprint density at radius 1 is 1.37 bits per heavy atom. The molecule has 1 aliphatic carbocycles. The molecule has 0 fully saturated rings. The highest BCUT2D eigenvalue weighted by atomic mass is 16.5. The number of aromatic hydroxyl groups is 2. The number of phenols is 2. The first-order valence-electron chi connectivity index (χ1n) is 9.70. The SMILES string of the molecule is CCCC(=O)c1c(O)c(C=O)c2c(c1O)C[C@H]1C[C@H](C(C)C)C=C[C@@]1(C)O2. The lowest BCUT2D eigenvalue weighted by Crippen LogP contribution is -2.47. The highest BCUT2D eigenvalue weighted by Gasteiger charge is 2.45. The Hall–Kier alpha value is -2.30. The van der Waals surface area contributed by atoms with Gasteiger partial charge in [-0.15, -0.1) is 0 Å². The Morgan fingerprint density at radius 3 is 2.67 bits per heavy atom.